The van der Waals surface area contributed by atoms with E-state index in [-0.39, 0.29) is 0 Å². The van der Waals surface area contributed by atoms with Gasteiger partial charge in [0.2, 0.25) is 6.29 Å². The monoisotopic (exact) mass is 213 g/mol. The third-order valence-electron chi connectivity index (χ3n) is 2.70. The Morgan fingerprint density at radius 2 is 1.94 bits per heavy atom. The van der Waals surface area contributed by atoms with Gasteiger partial charge in [0.05, 0.1) is 0 Å². The molecular formula is C14H13O2. The first kappa shape index (κ1) is 10.8. The Morgan fingerprint density at radius 1 is 1.19 bits per heavy atom. The minimum atomic E-state index is -0.481. The molecule has 2 heteroatoms. The molecule has 1 unspecified atom stereocenters. The van der Waals surface area contributed by atoms with Crippen LogP contribution in [0.15, 0.2) is 42.5 Å². The third kappa shape index (κ3) is 2.12. The maximum atomic E-state index is 10.6. The molecule has 2 aromatic carbocycles. The predicted octanol–water partition coefficient (Wildman–Crippen LogP) is 2.51. The number of fused-ring (bicyclic) bond motifs is 1. The summed E-state index contributed by atoms with van der Waals surface area (Å²) in [6, 6.07) is 14.2. The second kappa shape index (κ2) is 4.90. The molecule has 0 heterocycles. The van der Waals surface area contributed by atoms with Crippen molar-refractivity contribution in [2.45, 2.75) is 12.5 Å². The van der Waals surface area contributed by atoms with Crippen LogP contribution >= 0.6 is 0 Å². The lowest BCUT2D eigenvalue weighted by Gasteiger charge is -2.10. The normalized spacial score (nSPS) is 12.6. The first-order chi connectivity index (χ1) is 7.85. The van der Waals surface area contributed by atoms with E-state index in [1.54, 1.807) is 0 Å². The van der Waals surface area contributed by atoms with Gasteiger partial charge in [-0.25, -0.2) is 0 Å². The fraction of sp³-hybridized carbons (Fsp3) is 0.214. The zero-order valence-electron chi connectivity index (χ0n) is 9.14. The molecule has 0 spiro atoms. The molecule has 0 aliphatic heterocycles. The van der Waals surface area contributed by atoms with Gasteiger partial charge in [-0.15, -0.1) is 0 Å². The lowest BCUT2D eigenvalue weighted by atomic mass is 10.0. The standard InChI is InChI=1S/C14H13O2/c1-16-13(10-15)9-12-7-4-6-11-5-2-3-8-14(11)12/h2-8,13H,9H2,1H3. The second-order valence-electron chi connectivity index (χ2n) is 3.68. The summed E-state index contributed by atoms with van der Waals surface area (Å²) in [4.78, 5) is 10.6. The van der Waals surface area contributed by atoms with Crippen LogP contribution in [-0.2, 0) is 16.0 Å². The molecule has 0 fully saturated rings. The van der Waals surface area contributed by atoms with Crippen LogP contribution in [0.1, 0.15) is 5.56 Å². The minimum Gasteiger partial charge on any atom is -0.373 e. The number of ether oxygens (including phenoxy) is 1. The average molecular weight is 213 g/mol. The van der Waals surface area contributed by atoms with Gasteiger partial charge in [0.25, 0.3) is 0 Å². The van der Waals surface area contributed by atoms with Crippen molar-refractivity contribution >= 4 is 17.1 Å². The fourth-order valence-corrected chi connectivity index (χ4v) is 1.84. The molecule has 0 bridgehead atoms. The summed E-state index contributed by atoms with van der Waals surface area (Å²) in [7, 11) is 1.53. The molecule has 0 saturated carbocycles. The van der Waals surface area contributed by atoms with Crippen molar-refractivity contribution in [1.29, 1.82) is 0 Å². The number of rotatable bonds is 4. The van der Waals surface area contributed by atoms with E-state index in [1.807, 2.05) is 30.6 Å². The van der Waals surface area contributed by atoms with Gasteiger partial charge in [-0.2, -0.15) is 0 Å². The van der Waals surface area contributed by atoms with E-state index in [4.69, 9.17) is 4.74 Å². The van der Waals surface area contributed by atoms with E-state index in [0.717, 1.165) is 5.56 Å². The Bertz CT molecular complexity index is 486. The minimum absolute atomic E-state index is 0.481. The van der Waals surface area contributed by atoms with E-state index in [1.165, 1.54) is 17.9 Å². The van der Waals surface area contributed by atoms with Gasteiger partial charge in [0.15, 0.2) is 0 Å². The number of methoxy groups -OCH3 is 1. The molecule has 0 aromatic heterocycles. The van der Waals surface area contributed by atoms with Crippen LogP contribution in [0.5, 0.6) is 0 Å². The Hall–Kier alpha value is -1.67. The van der Waals surface area contributed by atoms with Crippen LogP contribution < -0.4 is 0 Å². The van der Waals surface area contributed by atoms with Crippen LogP contribution in [0.4, 0.5) is 0 Å². The van der Waals surface area contributed by atoms with Crippen molar-refractivity contribution < 1.29 is 9.53 Å². The van der Waals surface area contributed by atoms with Gasteiger partial charge < -0.3 is 4.74 Å². The largest absolute Gasteiger partial charge is 0.373 e. The third-order valence-corrected chi connectivity index (χ3v) is 2.70. The van der Waals surface area contributed by atoms with Gasteiger partial charge in [-0.05, 0) is 16.3 Å². The number of benzene rings is 2. The van der Waals surface area contributed by atoms with Gasteiger partial charge in [0, 0.05) is 13.5 Å². The molecule has 0 N–H and O–H groups in total. The van der Waals surface area contributed by atoms with Crippen molar-refractivity contribution in [2.24, 2.45) is 0 Å². The van der Waals surface area contributed by atoms with Crippen molar-refractivity contribution in [2.75, 3.05) is 7.11 Å². The number of hydrogen-bond acceptors (Lipinski definition) is 2. The van der Waals surface area contributed by atoms with Crippen molar-refractivity contribution in [3.8, 4) is 0 Å². The first-order valence-electron chi connectivity index (χ1n) is 5.22. The molecule has 1 radical (unpaired) electrons. The second-order valence-corrected chi connectivity index (χ2v) is 3.68. The summed E-state index contributed by atoms with van der Waals surface area (Å²) in [5.74, 6) is 0. The molecule has 2 rings (SSSR count). The van der Waals surface area contributed by atoms with Crippen molar-refractivity contribution in [3.05, 3.63) is 48.0 Å². The predicted molar refractivity (Wildman–Crippen MR) is 64.1 cm³/mol. The van der Waals surface area contributed by atoms with E-state index in [2.05, 4.69) is 18.2 Å². The Morgan fingerprint density at radius 3 is 2.69 bits per heavy atom. The molecule has 0 saturated heterocycles. The summed E-state index contributed by atoms with van der Waals surface area (Å²) >= 11 is 0. The number of hydrogen-bond donors (Lipinski definition) is 0. The smallest absolute Gasteiger partial charge is 0.230 e. The summed E-state index contributed by atoms with van der Waals surface area (Å²) in [6.07, 6.45) is 1.98. The van der Waals surface area contributed by atoms with Gasteiger partial charge in [-0.3, -0.25) is 4.79 Å². The molecule has 1 atom stereocenters. The van der Waals surface area contributed by atoms with Crippen LogP contribution in [0.2, 0.25) is 0 Å². The van der Waals surface area contributed by atoms with Gasteiger partial charge >= 0.3 is 0 Å². The summed E-state index contributed by atoms with van der Waals surface area (Å²) in [6.45, 7) is 0. The molecule has 0 amide bonds. The molecule has 16 heavy (non-hydrogen) atoms. The highest BCUT2D eigenvalue weighted by molar-refractivity contribution is 5.86. The van der Waals surface area contributed by atoms with Crippen molar-refractivity contribution in [3.63, 3.8) is 0 Å². The van der Waals surface area contributed by atoms with E-state index in [0.29, 0.717) is 6.42 Å². The zero-order chi connectivity index (χ0) is 11.4. The maximum absolute atomic E-state index is 10.6. The molecule has 0 aliphatic carbocycles. The van der Waals surface area contributed by atoms with Crippen molar-refractivity contribution in [1.82, 2.24) is 0 Å². The number of carbonyl (C=O) groups excluding carboxylic acids is 1. The Kier molecular flexibility index (Phi) is 3.32. The van der Waals surface area contributed by atoms with Gasteiger partial charge in [0.1, 0.15) is 6.10 Å². The topological polar surface area (TPSA) is 26.3 Å². The van der Waals surface area contributed by atoms with Crippen LogP contribution in [0, 0.1) is 0 Å². The summed E-state index contributed by atoms with van der Waals surface area (Å²) < 4.78 is 5.03. The first-order valence-corrected chi connectivity index (χ1v) is 5.22. The fourth-order valence-electron chi connectivity index (χ4n) is 1.84. The maximum Gasteiger partial charge on any atom is 0.230 e. The summed E-state index contributed by atoms with van der Waals surface area (Å²) in [5.41, 5.74) is 1.12. The van der Waals surface area contributed by atoms with Gasteiger partial charge in [-0.1, -0.05) is 42.5 Å². The highest BCUT2D eigenvalue weighted by Crippen LogP contribution is 2.19. The molecular weight excluding hydrogens is 200 g/mol. The molecule has 81 valence electrons. The Balaban J connectivity index is 2.40. The SMILES string of the molecule is COC([C]=O)Cc1cccc2ccccc12. The molecule has 2 aromatic rings. The quantitative estimate of drug-likeness (QED) is 0.780. The van der Waals surface area contributed by atoms with Crippen LogP contribution in [-0.4, -0.2) is 19.5 Å². The van der Waals surface area contributed by atoms with E-state index < -0.39 is 6.10 Å². The van der Waals surface area contributed by atoms with E-state index in [9.17, 15) is 4.79 Å². The highest BCUT2D eigenvalue weighted by atomic mass is 16.5. The lowest BCUT2D eigenvalue weighted by molar-refractivity contribution is 0.153. The lowest BCUT2D eigenvalue weighted by Crippen LogP contribution is -2.15. The summed E-state index contributed by atoms with van der Waals surface area (Å²) in [5, 5.41) is 2.35. The Labute approximate surface area is 94.8 Å². The van der Waals surface area contributed by atoms with Crippen LogP contribution in [0.3, 0.4) is 0 Å². The van der Waals surface area contributed by atoms with Crippen LogP contribution in [0.25, 0.3) is 10.8 Å². The molecule has 2 nitrogen and oxygen atoms in total. The average Bonchev–Trinajstić information content (AvgIpc) is 2.36. The van der Waals surface area contributed by atoms with E-state index >= 15 is 0 Å². The zero-order valence-corrected chi connectivity index (χ0v) is 9.14. The molecule has 0 aliphatic rings. The highest BCUT2D eigenvalue weighted by Gasteiger charge is 2.09.